The van der Waals surface area contributed by atoms with E-state index in [0.717, 1.165) is 40.7 Å². The van der Waals surface area contributed by atoms with Crippen LogP contribution in [-0.2, 0) is 0 Å². The molecule has 1 aliphatic heterocycles. The molecule has 28 heavy (non-hydrogen) atoms. The zero-order valence-corrected chi connectivity index (χ0v) is 17.3. The van der Waals surface area contributed by atoms with Gasteiger partial charge < -0.3 is 15.2 Å². The number of aromatic nitrogens is 3. The van der Waals surface area contributed by atoms with Crippen molar-refractivity contribution in [2.24, 2.45) is 5.92 Å². The molecule has 0 bridgehead atoms. The second-order valence-electron chi connectivity index (χ2n) is 8.31. The summed E-state index contributed by atoms with van der Waals surface area (Å²) in [5.74, 6) is 2.72. The van der Waals surface area contributed by atoms with Crippen molar-refractivity contribution in [2.75, 3.05) is 32.0 Å². The molecule has 1 saturated heterocycles. The van der Waals surface area contributed by atoms with Gasteiger partial charge in [0.1, 0.15) is 11.6 Å². The molecule has 0 radical (unpaired) electrons. The number of nitrogens with one attached hydrogen (secondary N) is 2. The molecule has 4 rings (SSSR count). The Bertz CT molecular complexity index is 920. The van der Waals surface area contributed by atoms with E-state index in [1.165, 1.54) is 49.9 Å². The molecule has 5 heteroatoms. The van der Waals surface area contributed by atoms with Crippen LogP contribution in [-0.4, -0.2) is 46.5 Å². The number of nitrogens with zero attached hydrogens (tertiary/aromatic N) is 3. The van der Waals surface area contributed by atoms with Crippen LogP contribution in [0.15, 0.2) is 30.5 Å². The van der Waals surface area contributed by atoms with Crippen molar-refractivity contribution >= 4 is 16.9 Å². The Morgan fingerprint density at radius 3 is 2.75 bits per heavy atom. The summed E-state index contributed by atoms with van der Waals surface area (Å²) in [7, 11) is 2.22. The fourth-order valence-electron chi connectivity index (χ4n) is 4.20. The lowest BCUT2D eigenvalue weighted by atomic mass is 9.92. The minimum Gasteiger partial charge on any atom is -0.370 e. The van der Waals surface area contributed by atoms with E-state index in [2.05, 4.69) is 65.3 Å². The van der Waals surface area contributed by atoms with Gasteiger partial charge in [-0.2, -0.15) is 0 Å². The lowest BCUT2D eigenvalue weighted by Crippen LogP contribution is -2.30. The van der Waals surface area contributed by atoms with Crippen molar-refractivity contribution in [3.63, 3.8) is 0 Å². The van der Waals surface area contributed by atoms with Crippen molar-refractivity contribution < 1.29 is 0 Å². The van der Waals surface area contributed by atoms with E-state index in [4.69, 9.17) is 4.98 Å². The molecule has 148 valence electrons. The zero-order valence-electron chi connectivity index (χ0n) is 17.3. The predicted octanol–water partition coefficient (Wildman–Crippen LogP) is 4.78. The third kappa shape index (κ3) is 4.36. The molecule has 1 aliphatic rings. The molecule has 0 spiro atoms. The largest absolute Gasteiger partial charge is 0.370 e. The molecule has 1 aromatic carbocycles. The Labute approximate surface area is 167 Å². The van der Waals surface area contributed by atoms with Gasteiger partial charge in [0.25, 0.3) is 0 Å². The number of hydrogen-bond acceptors (Lipinski definition) is 4. The van der Waals surface area contributed by atoms with Gasteiger partial charge in [0.05, 0.1) is 11.0 Å². The van der Waals surface area contributed by atoms with Crippen LogP contribution in [0.4, 0.5) is 5.82 Å². The highest BCUT2D eigenvalue weighted by molar-refractivity contribution is 5.83. The van der Waals surface area contributed by atoms with Crippen LogP contribution in [0.1, 0.15) is 36.8 Å². The van der Waals surface area contributed by atoms with Gasteiger partial charge >= 0.3 is 0 Å². The van der Waals surface area contributed by atoms with Crippen LogP contribution in [0.5, 0.6) is 0 Å². The lowest BCUT2D eigenvalue weighted by Gasteiger charge is -2.28. The van der Waals surface area contributed by atoms with E-state index in [1.807, 2.05) is 6.20 Å². The lowest BCUT2D eigenvalue weighted by molar-refractivity contribution is 0.211. The van der Waals surface area contributed by atoms with E-state index in [9.17, 15) is 0 Å². The number of rotatable bonds is 6. The van der Waals surface area contributed by atoms with Crippen LogP contribution in [0.25, 0.3) is 22.4 Å². The maximum absolute atomic E-state index is 4.77. The number of anilines is 1. The molecular weight excluding hydrogens is 346 g/mol. The van der Waals surface area contributed by atoms with Gasteiger partial charge in [-0.3, -0.25) is 0 Å². The molecule has 2 N–H and O–H groups in total. The first-order chi connectivity index (χ1) is 13.6. The van der Waals surface area contributed by atoms with Gasteiger partial charge in [0, 0.05) is 18.3 Å². The highest BCUT2D eigenvalue weighted by Gasteiger charge is 2.15. The van der Waals surface area contributed by atoms with Gasteiger partial charge in [-0.05, 0) is 94.9 Å². The van der Waals surface area contributed by atoms with Gasteiger partial charge in [0.2, 0.25) is 0 Å². The molecule has 0 amide bonds. The van der Waals surface area contributed by atoms with E-state index in [1.54, 1.807) is 0 Å². The highest BCUT2D eigenvalue weighted by atomic mass is 15.1. The monoisotopic (exact) mass is 377 g/mol. The Balaban J connectivity index is 1.32. The molecule has 0 atom stereocenters. The third-order valence-corrected chi connectivity index (χ3v) is 5.89. The third-order valence-electron chi connectivity index (χ3n) is 5.89. The van der Waals surface area contributed by atoms with Crippen LogP contribution in [0.2, 0.25) is 0 Å². The minimum atomic E-state index is 0.880. The smallest absolute Gasteiger partial charge is 0.140 e. The average molecular weight is 378 g/mol. The maximum Gasteiger partial charge on any atom is 0.140 e. The highest BCUT2D eigenvalue weighted by Crippen LogP contribution is 2.24. The Morgan fingerprint density at radius 2 is 2.00 bits per heavy atom. The maximum atomic E-state index is 4.77. The topological polar surface area (TPSA) is 56.8 Å². The first-order valence-corrected chi connectivity index (χ1v) is 10.4. The molecular formula is C23H31N5. The number of imidazole rings is 1. The minimum absolute atomic E-state index is 0.880. The number of hydrogen-bond donors (Lipinski definition) is 2. The molecule has 1 fully saturated rings. The molecule has 0 aliphatic carbocycles. The molecule has 0 saturated carbocycles. The Kier molecular flexibility index (Phi) is 5.62. The number of pyridine rings is 1. The number of H-pyrrole nitrogens is 1. The van der Waals surface area contributed by atoms with Gasteiger partial charge in [-0.1, -0.05) is 6.07 Å². The van der Waals surface area contributed by atoms with E-state index in [-0.39, 0.29) is 0 Å². The summed E-state index contributed by atoms with van der Waals surface area (Å²) >= 11 is 0. The molecule has 2 aromatic heterocycles. The summed E-state index contributed by atoms with van der Waals surface area (Å²) in [5, 5.41) is 3.46. The number of likely N-dealkylation sites (tertiary alicyclic amines) is 1. The molecule has 5 nitrogen and oxygen atoms in total. The van der Waals surface area contributed by atoms with Crippen molar-refractivity contribution in [2.45, 2.75) is 39.5 Å². The predicted molar refractivity (Wildman–Crippen MR) is 117 cm³/mol. The zero-order chi connectivity index (χ0) is 19.5. The standard InChI is InChI=1S/C23H31N5/c1-16-13-17(2)22-20(14-16)26-23(27-22)19-6-7-21(25-15-19)24-10-4-5-18-8-11-28(3)12-9-18/h6-7,13-15,18H,4-5,8-12H2,1-3H3,(H,24,25)(H,26,27). The number of aromatic amines is 1. The molecule has 0 unspecified atom stereocenters. The van der Waals surface area contributed by atoms with Crippen molar-refractivity contribution in [1.29, 1.82) is 0 Å². The first kappa shape index (κ1) is 18.9. The van der Waals surface area contributed by atoms with E-state index in [0.29, 0.717) is 0 Å². The van der Waals surface area contributed by atoms with Crippen molar-refractivity contribution in [3.05, 3.63) is 41.6 Å². The normalized spacial score (nSPS) is 16.0. The Hall–Kier alpha value is -2.40. The fraction of sp³-hybridized carbons (Fsp3) is 0.478. The summed E-state index contributed by atoms with van der Waals surface area (Å²) in [6.07, 6.45) is 7.12. The number of benzene rings is 1. The molecule has 3 heterocycles. The van der Waals surface area contributed by atoms with Gasteiger partial charge in [0.15, 0.2) is 0 Å². The van der Waals surface area contributed by atoms with Gasteiger partial charge in [-0.15, -0.1) is 0 Å². The van der Waals surface area contributed by atoms with Gasteiger partial charge in [-0.25, -0.2) is 9.97 Å². The summed E-state index contributed by atoms with van der Waals surface area (Å²) in [4.78, 5) is 15.2. The van der Waals surface area contributed by atoms with Crippen LogP contribution < -0.4 is 5.32 Å². The van der Waals surface area contributed by atoms with Crippen molar-refractivity contribution in [1.82, 2.24) is 19.9 Å². The van der Waals surface area contributed by atoms with Crippen molar-refractivity contribution in [3.8, 4) is 11.4 Å². The van der Waals surface area contributed by atoms with E-state index < -0.39 is 0 Å². The fourth-order valence-corrected chi connectivity index (χ4v) is 4.20. The second-order valence-corrected chi connectivity index (χ2v) is 8.31. The Morgan fingerprint density at radius 1 is 1.18 bits per heavy atom. The SMILES string of the molecule is Cc1cc(C)c2nc(-c3ccc(NCCCC4CCN(C)CC4)nc3)[nH]c2c1. The number of piperidine rings is 1. The summed E-state index contributed by atoms with van der Waals surface area (Å²) in [5.41, 5.74) is 5.59. The van der Waals surface area contributed by atoms with Crippen LogP contribution in [0.3, 0.4) is 0 Å². The first-order valence-electron chi connectivity index (χ1n) is 10.4. The van der Waals surface area contributed by atoms with Crippen LogP contribution in [0, 0.1) is 19.8 Å². The summed E-state index contributed by atoms with van der Waals surface area (Å²) in [6, 6.07) is 8.46. The average Bonchev–Trinajstić information content (AvgIpc) is 3.11. The molecule has 3 aromatic rings. The number of aryl methyl sites for hydroxylation is 2. The number of fused-ring (bicyclic) bond motifs is 1. The quantitative estimate of drug-likeness (QED) is 0.607. The van der Waals surface area contributed by atoms with Crippen LogP contribution >= 0.6 is 0 Å². The second kappa shape index (κ2) is 8.31. The summed E-state index contributed by atoms with van der Waals surface area (Å²) < 4.78 is 0. The van der Waals surface area contributed by atoms with E-state index >= 15 is 0 Å². The summed E-state index contributed by atoms with van der Waals surface area (Å²) in [6.45, 7) is 7.71.